The van der Waals surface area contributed by atoms with Crippen LogP contribution in [-0.2, 0) is 11.3 Å². The van der Waals surface area contributed by atoms with E-state index in [1.165, 1.54) is 12.1 Å². The molecule has 3 aliphatic rings. The second kappa shape index (κ2) is 9.41. The van der Waals surface area contributed by atoms with Crippen LogP contribution in [0.15, 0.2) is 40.9 Å². The van der Waals surface area contributed by atoms with Crippen molar-refractivity contribution < 1.29 is 23.6 Å². The van der Waals surface area contributed by atoms with Crippen LogP contribution in [0.1, 0.15) is 72.2 Å². The van der Waals surface area contributed by atoms with Gasteiger partial charge in [0.25, 0.3) is 0 Å². The van der Waals surface area contributed by atoms with Gasteiger partial charge in [-0.15, -0.1) is 0 Å². The number of fused-ring (bicyclic) bond motifs is 3. The van der Waals surface area contributed by atoms with Gasteiger partial charge in [-0.1, -0.05) is 23.4 Å². The molecule has 7 rings (SSSR count). The Bertz CT molecular complexity index is 1560. The maximum Gasteiger partial charge on any atom is 0.335 e. The highest BCUT2D eigenvalue weighted by Crippen LogP contribution is 2.47. The number of rotatable bonds is 7. The maximum atomic E-state index is 13.5. The van der Waals surface area contributed by atoms with Crippen LogP contribution in [0.3, 0.4) is 0 Å². The Morgan fingerprint density at radius 2 is 2.00 bits per heavy atom. The summed E-state index contributed by atoms with van der Waals surface area (Å²) in [6.45, 7) is 4.66. The van der Waals surface area contributed by atoms with Crippen molar-refractivity contribution >= 4 is 32.7 Å². The van der Waals surface area contributed by atoms with Crippen molar-refractivity contribution in [2.45, 2.75) is 76.7 Å². The first-order valence-electron chi connectivity index (χ1n) is 13.6. The lowest BCUT2D eigenvalue weighted by Gasteiger charge is -2.39. The predicted molar refractivity (Wildman–Crippen MR) is 147 cm³/mol. The van der Waals surface area contributed by atoms with Crippen molar-refractivity contribution in [2.75, 3.05) is 4.90 Å². The van der Waals surface area contributed by atoms with E-state index in [0.717, 1.165) is 75.6 Å². The van der Waals surface area contributed by atoms with Crippen LogP contribution in [0, 0.1) is 18.7 Å². The Balaban J connectivity index is 1.11. The van der Waals surface area contributed by atoms with Crippen molar-refractivity contribution in [1.29, 1.82) is 0 Å². The lowest BCUT2D eigenvalue weighted by Crippen LogP contribution is -2.46. The van der Waals surface area contributed by atoms with Gasteiger partial charge < -0.3 is 19.3 Å². The van der Waals surface area contributed by atoms with Crippen molar-refractivity contribution in [1.82, 2.24) is 10.1 Å². The highest BCUT2D eigenvalue weighted by molar-refractivity contribution is 7.22. The number of ether oxygens (including phenoxy) is 1. The zero-order valence-corrected chi connectivity index (χ0v) is 22.7. The van der Waals surface area contributed by atoms with Crippen LogP contribution in [0.5, 0.6) is 0 Å². The van der Waals surface area contributed by atoms with Crippen LogP contribution in [0.25, 0.3) is 21.5 Å². The van der Waals surface area contributed by atoms with E-state index in [0.29, 0.717) is 36.1 Å². The number of carboxylic acid groups (broad SMARTS) is 1. The van der Waals surface area contributed by atoms with Crippen molar-refractivity contribution in [3.63, 3.8) is 0 Å². The molecule has 9 heteroatoms. The molecule has 3 unspecified atom stereocenters. The first kappa shape index (κ1) is 24.7. The first-order chi connectivity index (χ1) is 18.9. The first-order valence-corrected chi connectivity index (χ1v) is 14.5. The third-order valence-corrected chi connectivity index (χ3v) is 9.60. The summed E-state index contributed by atoms with van der Waals surface area (Å²) in [6.07, 6.45) is 5.20. The molecule has 2 aromatic carbocycles. The van der Waals surface area contributed by atoms with E-state index in [-0.39, 0.29) is 11.9 Å². The number of thiazole rings is 1. The molecule has 3 fully saturated rings. The summed E-state index contributed by atoms with van der Waals surface area (Å²) in [5.41, 5.74) is 4.66. The third kappa shape index (κ3) is 4.41. The fourth-order valence-corrected chi connectivity index (χ4v) is 7.70. The van der Waals surface area contributed by atoms with Crippen LogP contribution in [0.4, 0.5) is 9.52 Å². The van der Waals surface area contributed by atoms with E-state index in [1.54, 1.807) is 35.6 Å². The molecule has 1 saturated carbocycles. The summed E-state index contributed by atoms with van der Waals surface area (Å²) in [7, 11) is 0. The maximum absolute atomic E-state index is 13.5. The van der Waals surface area contributed by atoms with Crippen LogP contribution >= 0.6 is 11.3 Å². The Morgan fingerprint density at radius 1 is 1.21 bits per heavy atom. The average Bonchev–Trinajstić information content (AvgIpc) is 3.46. The van der Waals surface area contributed by atoms with Crippen molar-refractivity contribution in [2.24, 2.45) is 5.92 Å². The van der Waals surface area contributed by atoms with Gasteiger partial charge in [-0.25, -0.2) is 14.2 Å². The highest BCUT2D eigenvalue weighted by Gasteiger charge is 2.46. The fraction of sp³-hybridized carbons (Fsp3) is 0.433. The molecule has 0 spiro atoms. The quantitative estimate of drug-likeness (QED) is 0.268. The van der Waals surface area contributed by atoms with Gasteiger partial charge in [-0.2, -0.15) is 0 Å². The summed E-state index contributed by atoms with van der Waals surface area (Å²) >= 11 is 1.59. The molecule has 0 radical (unpaired) electrons. The van der Waals surface area contributed by atoms with Gasteiger partial charge in [-0.05, 0) is 86.9 Å². The molecule has 7 nitrogen and oxygen atoms in total. The van der Waals surface area contributed by atoms with Gasteiger partial charge in [-0.3, -0.25) is 0 Å². The normalized spacial score (nSPS) is 24.5. The SMILES string of the molecule is Cc1cc(C(=O)O)cc2sc(N3C4CC(OCc5c(-c6ccc(F)cc6)noc5C5CC5)CC3[C@H](C)C4)nc12. The van der Waals surface area contributed by atoms with Crippen molar-refractivity contribution in [3.8, 4) is 11.3 Å². The van der Waals surface area contributed by atoms with E-state index < -0.39 is 5.97 Å². The Labute approximate surface area is 229 Å². The number of halogens is 1. The molecule has 4 heterocycles. The molecule has 39 heavy (non-hydrogen) atoms. The van der Waals surface area contributed by atoms with Crippen molar-refractivity contribution in [3.05, 3.63) is 64.7 Å². The number of carboxylic acids is 1. The number of hydrogen-bond acceptors (Lipinski definition) is 7. The lowest BCUT2D eigenvalue weighted by molar-refractivity contribution is 0.0136. The summed E-state index contributed by atoms with van der Waals surface area (Å²) in [5, 5.41) is 14.8. The number of benzene rings is 2. The smallest absolute Gasteiger partial charge is 0.335 e. The topological polar surface area (TPSA) is 88.7 Å². The Hall–Kier alpha value is -3.30. The molecule has 2 aromatic heterocycles. The molecule has 4 aromatic rings. The third-order valence-electron chi connectivity index (χ3n) is 8.58. The van der Waals surface area contributed by atoms with Crippen LogP contribution in [0.2, 0.25) is 0 Å². The summed E-state index contributed by atoms with van der Waals surface area (Å²) in [6, 6.07) is 10.5. The number of aromatic carboxylic acids is 1. The zero-order chi connectivity index (χ0) is 26.8. The minimum Gasteiger partial charge on any atom is -0.478 e. The standard InChI is InChI=1S/C30H30FN3O4S/c1-15-10-21-12-22(13-24(15)34(21)30-32-26-16(2)9-19(29(35)36)11-25(26)39-30)37-14-23-27(17-5-7-20(31)8-6-17)33-38-28(23)18-3-4-18/h5-9,11,15,18,21-22,24H,3-4,10,12-14H2,1-2H3,(H,35,36)/t15-,21?,22?,24?/m1/s1. The molecule has 1 N–H and O–H groups in total. The predicted octanol–water partition coefficient (Wildman–Crippen LogP) is 6.94. The molecule has 2 bridgehead atoms. The largest absolute Gasteiger partial charge is 0.478 e. The van der Waals surface area contributed by atoms with Gasteiger partial charge in [0.05, 0.1) is 28.5 Å². The highest BCUT2D eigenvalue weighted by atomic mass is 32.1. The van der Waals surface area contributed by atoms with E-state index in [9.17, 15) is 14.3 Å². The van der Waals surface area contributed by atoms with Gasteiger partial charge in [0, 0.05) is 29.1 Å². The summed E-state index contributed by atoms with van der Waals surface area (Å²) in [4.78, 5) is 19.0. The minimum atomic E-state index is -0.915. The molecule has 1 aliphatic carbocycles. The number of anilines is 1. The van der Waals surface area contributed by atoms with E-state index in [2.05, 4.69) is 17.0 Å². The fourth-order valence-electron chi connectivity index (χ4n) is 6.49. The molecule has 2 aliphatic heterocycles. The van der Waals surface area contributed by atoms with E-state index in [1.807, 2.05) is 6.92 Å². The molecular weight excluding hydrogens is 517 g/mol. The average molecular weight is 548 g/mol. The molecule has 4 atom stereocenters. The molecule has 2 saturated heterocycles. The van der Waals surface area contributed by atoms with Crippen LogP contribution < -0.4 is 4.90 Å². The summed E-state index contributed by atoms with van der Waals surface area (Å²) < 4.78 is 26.8. The number of aromatic nitrogens is 2. The zero-order valence-electron chi connectivity index (χ0n) is 21.9. The Kier molecular flexibility index (Phi) is 5.97. The molecular formula is C30H30FN3O4S. The number of aryl methyl sites for hydroxylation is 1. The Morgan fingerprint density at radius 3 is 2.72 bits per heavy atom. The number of hydrogen-bond donors (Lipinski definition) is 1. The van der Waals surface area contributed by atoms with E-state index >= 15 is 0 Å². The molecule has 0 amide bonds. The lowest BCUT2D eigenvalue weighted by atomic mass is 9.97. The second-order valence-corrected chi connectivity index (χ2v) is 12.4. The van der Waals surface area contributed by atoms with Gasteiger partial charge in [0.2, 0.25) is 0 Å². The van der Waals surface area contributed by atoms with Gasteiger partial charge >= 0.3 is 5.97 Å². The number of carbonyl (C=O) groups is 1. The van der Waals surface area contributed by atoms with Crippen LogP contribution in [-0.4, -0.2) is 39.4 Å². The second-order valence-electron chi connectivity index (χ2n) is 11.3. The minimum absolute atomic E-state index is 0.110. The number of nitrogens with zero attached hydrogens (tertiary/aromatic N) is 3. The van der Waals surface area contributed by atoms with E-state index in [4.69, 9.17) is 14.2 Å². The number of piperidine rings is 1. The molecule has 202 valence electrons. The monoisotopic (exact) mass is 547 g/mol. The van der Waals surface area contributed by atoms with Gasteiger partial charge in [0.1, 0.15) is 17.3 Å². The van der Waals surface area contributed by atoms with Gasteiger partial charge in [0.15, 0.2) is 5.13 Å². The summed E-state index contributed by atoms with van der Waals surface area (Å²) in [5.74, 6) is 0.631.